The van der Waals surface area contributed by atoms with Gasteiger partial charge in [-0.1, -0.05) is 243 Å². The Morgan fingerprint density at radius 1 is 0.167 bits per heavy atom. The molecule has 0 heteroatoms. The van der Waals surface area contributed by atoms with Crippen LogP contribution in [0.2, 0.25) is 0 Å². The summed E-state index contributed by atoms with van der Waals surface area (Å²) >= 11 is 0. The van der Waals surface area contributed by atoms with Crippen LogP contribution >= 0.6 is 0 Å². The number of benzene rings is 12. The van der Waals surface area contributed by atoms with Crippen molar-refractivity contribution < 1.29 is 0 Å². The second-order valence-corrected chi connectivity index (χ2v) is 17.2. The molecule has 0 unspecified atom stereocenters. The average Bonchev–Trinajstić information content (AvgIpc) is 3.40. The fourth-order valence-corrected chi connectivity index (χ4v) is 10.1. The lowest BCUT2D eigenvalue weighted by molar-refractivity contribution is 1.59. The Labute approximate surface area is 386 Å². The summed E-state index contributed by atoms with van der Waals surface area (Å²) in [5.41, 5.74) is 19.2. The van der Waals surface area contributed by atoms with Gasteiger partial charge in [0.15, 0.2) is 0 Å². The molecule has 0 spiro atoms. The molecule has 12 aromatic carbocycles. The molecule has 12 rings (SSSR count). The van der Waals surface area contributed by atoms with E-state index >= 15 is 0 Å². The zero-order valence-electron chi connectivity index (χ0n) is 36.4. The summed E-state index contributed by atoms with van der Waals surface area (Å²) in [6.07, 6.45) is 0. The van der Waals surface area contributed by atoms with E-state index in [0.29, 0.717) is 0 Å². The molecule has 0 aliphatic carbocycles. The Morgan fingerprint density at radius 3 is 0.970 bits per heavy atom. The summed E-state index contributed by atoms with van der Waals surface area (Å²) in [7, 11) is 0. The molecule has 0 aliphatic rings. The predicted octanol–water partition coefficient (Wildman–Crippen LogP) is 18.5. The molecule has 0 saturated carbocycles. The van der Waals surface area contributed by atoms with E-state index in [1.54, 1.807) is 0 Å². The van der Waals surface area contributed by atoms with E-state index < -0.39 is 0 Å². The molecule has 0 aromatic heterocycles. The van der Waals surface area contributed by atoms with Crippen LogP contribution in [0.25, 0.3) is 121 Å². The normalized spacial score (nSPS) is 11.3. The highest BCUT2D eigenvalue weighted by molar-refractivity contribution is 6.31. The van der Waals surface area contributed by atoms with Gasteiger partial charge in [-0.25, -0.2) is 0 Å². The van der Waals surface area contributed by atoms with Crippen molar-refractivity contribution in [3.05, 3.63) is 267 Å². The largest absolute Gasteiger partial charge is 0.0622 e. The van der Waals surface area contributed by atoms with Gasteiger partial charge in [-0.15, -0.1) is 0 Å². The fraction of sp³-hybridized carbons (Fsp3) is 0. The van der Waals surface area contributed by atoms with Gasteiger partial charge in [0.25, 0.3) is 0 Å². The van der Waals surface area contributed by atoms with Crippen LogP contribution < -0.4 is 0 Å². The lowest BCUT2D eigenvalue weighted by Gasteiger charge is -2.25. The third kappa shape index (κ3) is 7.06. The molecule has 0 bridgehead atoms. The molecular formula is C66H44. The van der Waals surface area contributed by atoms with Gasteiger partial charge in [-0.05, 0) is 146 Å². The highest BCUT2D eigenvalue weighted by Gasteiger charge is 2.25. The minimum atomic E-state index is 1.18. The van der Waals surface area contributed by atoms with Gasteiger partial charge in [0.05, 0.1) is 0 Å². The van der Waals surface area contributed by atoms with Crippen molar-refractivity contribution >= 4 is 32.3 Å². The van der Waals surface area contributed by atoms with Crippen molar-refractivity contribution in [1.29, 1.82) is 0 Å². The topological polar surface area (TPSA) is 0 Å². The van der Waals surface area contributed by atoms with E-state index in [9.17, 15) is 0 Å². The molecule has 0 N–H and O–H groups in total. The standard InChI is InChI=1S/C66H44/c1-7-19-45(20-8-1)49-31-35-51(36-32-49)59-42-56(48-25-13-4-14-26-48)43-60-64(53-29-17-6-18-30-53)66-61(63(65(59)60)52-27-15-5-16-28-52)44-57-41-55(47-23-11-3-12-24-47)39-40-58(57)62(66)54-37-33-50(34-38-54)46-21-9-2-10-22-46/h1-44H. The molecule has 0 heterocycles. The second-order valence-electron chi connectivity index (χ2n) is 17.2. The minimum absolute atomic E-state index is 1.18. The van der Waals surface area contributed by atoms with Crippen LogP contribution in [0.5, 0.6) is 0 Å². The summed E-state index contributed by atoms with van der Waals surface area (Å²) in [4.78, 5) is 0. The average molecular weight is 837 g/mol. The molecule has 0 saturated heterocycles. The van der Waals surface area contributed by atoms with E-state index in [-0.39, 0.29) is 0 Å². The zero-order chi connectivity index (χ0) is 43.8. The van der Waals surface area contributed by atoms with Crippen LogP contribution in [0.4, 0.5) is 0 Å². The van der Waals surface area contributed by atoms with Gasteiger partial charge >= 0.3 is 0 Å². The third-order valence-electron chi connectivity index (χ3n) is 13.2. The molecule has 0 amide bonds. The zero-order valence-corrected chi connectivity index (χ0v) is 36.4. The maximum atomic E-state index is 2.49. The summed E-state index contributed by atoms with van der Waals surface area (Å²) < 4.78 is 0. The maximum Gasteiger partial charge on any atom is -0.000763 e. The second kappa shape index (κ2) is 16.8. The highest BCUT2D eigenvalue weighted by Crippen LogP contribution is 2.53. The van der Waals surface area contributed by atoms with Crippen molar-refractivity contribution in [2.75, 3.05) is 0 Å². The van der Waals surface area contributed by atoms with Crippen LogP contribution in [0.15, 0.2) is 267 Å². The van der Waals surface area contributed by atoms with Crippen LogP contribution in [0.1, 0.15) is 0 Å². The molecular weight excluding hydrogens is 793 g/mol. The van der Waals surface area contributed by atoms with E-state index in [0.717, 1.165) is 0 Å². The van der Waals surface area contributed by atoms with Gasteiger partial charge in [0, 0.05) is 0 Å². The molecule has 0 nitrogen and oxygen atoms in total. The van der Waals surface area contributed by atoms with Crippen LogP contribution in [0.3, 0.4) is 0 Å². The Morgan fingerprint density at radius 2 is 0.485 bits per heavy atom. The van der Waals surface area contributed by atoms with E-state index in [4.69, 9.17) is 0 Å². The van der Waals surface area contributed by atoms with E-state index in [1.165, 1.54) is 121 Å². The van der Waals surface area contributed by atoms with Crippen molar-refractivity contribution in [2.24, 2.45) is 0 Å². The number of hydrogen-bond acceptors (Lipinski definition) is 0. The van der Waals surface area contributed by atoms with E-state index in [2.05, 4.69) is 267 Å². The first kappa shape index (κ1) is 39.0. The van der Waals surface area contributed by atoms with Gasteiger partial charge in [-0.3, -0.25) is 0 Å². The van der Waals surface area contributed by atoms with E-state index in [1.807, 2.05) is 0 Å². The molecule has 0 fully saturated rings. The third-order valence-corrected chi connectivity index (χ3v) is 13.2. The first-order chi connectivity index (χ1) is 32.7. The minimum Gasteiger partial charge on any atom is -0.0622 e. The lowest BCUT2D eigenvalue weighted by atomic mass is 9.78. The summed E-state index contributed by atoms with van der Waals surface area (Å²) in [5, 5.41) is 7.36. The summed E-state index contributed by atoms with van der Waals surface area (Å²) in [6.45, 7) is 0. The molecule has 0 aliphatic heterocycles. The Bertz CT molecular complexity index is 3650. The Balaban J connectivity index is 1.28. The molecule has 0 atom stereocenters. The van der Waals surface area contributed by atoms with Crippen LogP contribution in [0, 0.1) is 0 Å². The Kier molecular flexibility index (Phi) is 9.97. The predicted molar refractivity (Wildman–Crippen MR) is 282 cm³/mol. The van der Waals surface area contributed by atoms with Crippen molar-refractivity contribution in [1.82, 2.24) is 0 Å². The number of rotatable bonds is 8. The van der Waals surface area contributed by atoms with Gasteiger partial charge in [-0.2, -0.15) is 0 Å². The first-order valence-corrected chi connectivity index (χ1v) is 22.8. The maximum absolute atomic E-state index is 2.49. The van der Waals surface area contributed by atoms with Crippen molar-refractivity contribution in [2.45, 2.75) is 0 Å². The first-order valence-electron chi connectivity index (χ1n) is 22.8. The summed E-state index contributed by atoms with van der Waals surface area (Å²) in [5.74, 6) is 0. The van der Waals surface area contributed by atoms with Crippen LogP contribution in [-0.2, 0) is 0 Å². The van der Waals surface area contributed by atoms with Crippen molar-refractivity contribution in [3.8, 4) is 89.0 Å². The monoisotopic (exact) mass is 836 g/mol. The SMILES string of the molecule is c1ccc(-c2ccc(-c3cc(-c4ccccc4)cc4c(-c5ccccc5)c5c(-c6ccc(-c7ccccc7)cc6)c6ccc(-c7ccccc7)cc6cc5c(-c5ccccc5)c34)cc2)cc1. The molecule has 66 heavy (non-hydrogen) atoms. The van der Waals surface area contributed by atoms with Gasteiger partial charge < -0.3 is 0 Å². The lowest BCUT2D eigenvalue weighted by Crippen LogP contribution is -1.97. The Hall–Kier alpha value is -8.58. The van der Waals surface area contributed by atoms with Gasteiger partial charge in [0.2, 0.25) is 0 Å². The number of fused-ring (bicyclic) bond motifs is 3. The highest BCUT2D eigenvalue weighted by atomic mass is 14.3. The molecule has 308 valence electrons. The smallest absolute Gasteiger partial charge is 0.000763 e. The fourth-order valence-electron chi connectivity index (χ4n) is 10.1. The van der Waals surface area contributed by atoms with Gasteiger partial charge in [0.1, 0.15) is 0 Å². The van der Waals surface area contributed by atoms with Crippen LogP contribution in [-0.4, -0.2) is 0 Å². The number of hydrogen-bond donors (Lipinski definition) is 0. The van der Waals surface area contributed by atoms with Crippen molar-refractivity contribution in [3.63, 3.8) is 0 Å². The molecule has 0 radical (unpaired) electrons. The molecule has 12 aromatic rings. The summed E-state index contributed by atoms with van der Waals surface area (Å²) in [6, 6.07) is 98.1. The quantitative estimate of drug-likeness (QED) is 0.134.